The molecule has 0 heterocycles. The van der Waals surface area contributed by atoms with Crippen LogP contribution in [0.2, 0.25) is 0 Å². The second kappa shape index (κ2) is 9.65. The summed E-state index contributed by atoms with van der Waals surface area (Å²) in [5.74, 6) is -1.65. The molecule has 0 fully saturated rings. The van der Waals surface area contributed by atoms with Gasteiger partial charge in [-0.25, -0.2) is 4.79 Å². The van der Waals surface area contributed by atoms with E-state index < -0.39 is 36.0 Å². The molecule has 7 heteroatoms. The molecule has 33 heavy (non-hydrogen) atoms. The predicted molar refractivity (Wildman–Crippen MR) is 126 cm³/mol. The summed E-state index contributed by atoms with van der Waals surface area (Å²) in [6.07, 6.45) is -0.704. The highest BCUT2D eigenvalue weighted by Gasteiger charge is 2.38. The summed E-state index contributed by atoms with van der Waals surface area (Å²) < 4.78 is 5.60. The van der Waals surface area contributed by atoms with Gasteiger partial charge in [-0.1, -0.05) is 69.3 Å². The van der Waals surface area contributed by atoms with Crippen LogP contribution in [0.5, 0.6) is 0 Å². The molecule has 1 aliphatic carbocycles. The standard InChI is InChI=1S/C26H32N2O5/c1-16(2)28(14-22(29)30)24(31)23(26(3,4)5)27-25(32)33-15-21-19-12-8-6-10-17(19)18-11-7-9-13-20(18)21/h6-13,16,21,23H,14-15H2,1-5H3,(H,27,32)(H,29,30)/t23-/m0/s1. The Morgan fingerprint density at radius 1 is 1.00 bits per heavy atom. The second-order valence-electron chi connectivity index (χ2n) is 9.72. The summed E-state index contributed by atoms with van der Waals surface area (Å²) in [6, 6.07) is 14.8. The zero-order valence-corrected chi connectivity index (χ0v) is 19.8. The van der Waals surface area contributed by atoms with E-state index in [0.29, 0.717) is 0 Å². The van der Waals surface area contributed by atoms with Gasteiger partial charge < -0.3 is 20.1 Å². The van der Waals surface area contributed by atoms with Crippen molar-refractivity contribution in [2.24, 2.45) is 5.41 Å². The number of carbonyl (C=O) groups is 3. The lowest BCUT2D eigenvalue weighted by molar-refractivity contribution is -0.148. The fourth-order valence-corrected chi connectivity index (χ4v) is 4.23. The van der Waals surface area contributed by atoms with Gasteiger partial charge >= 0.3 is 12.1 Å². The highest BCUT2D eigenvalue weighted by molar-refractivity contribution is 5.89. The minimum Gasteiger partial charge on any atom is -0.480 e. The SMILES string of the molecule is CC(C)N(CC(=O)O)C(=O)[C@H](NC(=O)OCC1c2ccccc2-c2ccccc21)C(C)(C)C. The van der Waals surface area contributed by atoms with Gasteiger partial charge in [0.1, 0.15) is 19.2 Å². The summed E-state index contributed by atoms with van der Waals surface area (Å²) in [4.78, 5) is 38.5. The first-order valence-electron chi connectivity index (χ1n) is 11.1. The van der Waals surface area contributed by atoms with Crippen LogP contribution in [0.1, 0.15) is 51.7 Å². The molecule has 0 aromatic heterocycles. The summed E-state index contributed by atoms with van der Waals surface area (Å²) in [6.45, 7) is 8.64. The Kier molecular flexibility index (Phi) is 7.10. The maximum absolute atomic E-state index is 13.2. The molecule has 2 aromatic carbocycles. The highest BCUT2D eigenvalue weighted by atomic mass is 16.5. The van der Waals surface area contributed by atoms with E-state index in [1.54, 1.807) is 13.8 Å². The zero-order valence-electron chi connectivity index (χ0n) is 19.8. The van der Waals surface area contributed by atoms with Crippen molar-refractivity contribution in [3.63, 3.8) is 0 Å². The van der Waals surface area contributed by atoms with Crippen LogP contribution in [0.25, 0.3) is 11.1 Å². The molecule has 3 rings (SSSR count). The smallest absolute Gasteiger partial charge is 0.407 e. The number of carboxylic acids is 1. The maximum atomic E-state index is 13.2. The molecule has 7 nitrogen and oxygen atoms in total. The lowest BCUT2D eigenvalue weighted by atomic mass is 9.85. The lowest BCUT2D eigenvalue weighted by Crippen LogP contribution is -2.57. The number of amides is 2. The quantitative estimate of drug-likeness (QED) is 0.654. The molecule has 176 valence electrons. The first-order valence-corrected chi connectivity index (χ1v) is 11.1. The Labute approximate surface area is 194 Å². The van der Waals surface area contributed by atoms with E-state index in [2.05, 4.69) is 17.4 Å². The topological polar surface area (TPSA) is 95.9 Å². The van der Waals surface area contributed by atoms with Crippen LogP contribution in [0, 0.1) is 5.41 Å². The number of aliphatic carboxylic acids is 1. The Hall–Kier alpha value is -3.35. The van der Waals surface area contributed by atoms with E-state index in [0.717, 1.165) is 22.3 Å². The second-order valence-corrected chi connectivity index (χ2v) is 9.72. The van der Waals surface area contributed by atoms with Crippen molar-refractivity contribution < 1.29 is 24.2 Å². The molecule has 0 unspecified atom stereocenters. The van der Waals surface area contributed by atoms with Gasteiger partial charge in [0.15, 0.2) is 0 Å². The summed E-state index contributed by atoms with van der Waals surface area (Å²) in [5, 5.41) is 11.9. The number of nitrogens with zero attached hydrogens (tertiary/aromatic N) is 1. The van der Waals surface area contributed by atoms with Crippen LogP contribution in [0.4, 0.5) is 4.79 Å². The first kappa shape index (κ1) is 24.3. The van der Waals surface area contributed by atoms with Gasteiger partial charge in [-0.2, -0.15) is 0 Å². The molecule has 2 amide bonds. The molecule has 2 N–H and O–H groups in total. The van der Waals surface area contributed by atoms with Gasteiger partial charge in [-0.05, 0) is 41.5 Å². The van der Waals surface area contributed by atoms with Crippen molar-refractivity contribution >= 4 is 18.0 Å². The number of hydrogen-bond donors (Lipinski definition) is 2. The van der Waals surface area contributed by atoms with Crippen LogP contribution in [0.3, 0.4) is 0 Å². The van der Waals surface area contributed by atoms with Crippen molar-refractivity contribution in [2.45, 2.75) is 52.6 Å². The monoisotopic (exact) mass is 452 g/mol. The zero-order chi connectivity index (χ0) is 24.3. The van der Waals surface area contributed by atoms with Crippen molar-refractivity contribution in [3.05, 3.63) is 59.7 Å². The molecule has 0 saturated heterocycles. The predicted octanol–water partition coefficient (Wildman–Crippen LogP) is 4.26. The molecule has 1 atom stereocenters. The largest absolute Gasteiger partial charge is 0.480 e. The van der Waals surface area contributed by atoms with E-state index in [-0.39, 0.29) is 18.6 Å². The van der Waals surface area contributed by atoms with E-state index in [4.69, 9.17) is 4.74 Å². The third-order valence-electron chi connectivity index (χ3n) is 5.93. The normalized spacial score (nSPS) is 13.8. The number of ether oxygens (including phenoxy) is 1. The molecule has 0 bridgehead atoms. The third-order valence-corrected chi connectivity index (χ3v) is 5.93. The molecule has 0 spiro atoms. The molecular formula is C26H32N2O5. The van der Waals surface area contributed by atoms with Gasteiger partial charge in [0.2, 0.25) is 5.91 Å². The van der Waals surface area contributed by atoms with Gasteiger partial charge in [0, 0.05) is 12.0 Å². The number of fused-ring (bicyclic) bond motifs is 3. The van der Waals surface area contributed by atoms with Gasteiger partial charge in [-0.3, -0.25) is 9.59 Å². The van der Waals surface area contributed by atoms with E-state index >= 15 is 0 Å². The number of nitrogens with one attached hydrogen (secondary N) is 1. The van der Waals surface area contributed by atoms with Crippen LogP contribution >= 0.6 is 0 Å². The number of hydrogen-bond acceptors (Lipinski definition) is 4. The Bertz CT molecular complexity index is 995. The average Bonchev–Trinajstić information content (AvgIpc) is 3.06. The van der Waals surface area contributed by atoms with E-state index in [9.17, 15) is 19.5 Å². The van der Waals surface area contributed by atoms with Crippen LogP contribution in [0.15, 0.2) is 48.5 Å². The van der Waals surface area contributed by atoms with Crippen molar-refractivity contribution in [2.75, 3.05) is 13.2 Å². The number of carbonyl (C=O) groups excluding carboxylic acids is 2. The van der Waals surface area contributed by atoms with E-state index in [1.807, 2.05) is 57.2 Å². The number of carboxylic acid groups (broad SMARTS) is 1. The number of benzene rings is 2. The molecule has 1 aliphatic rings. The average molecular weight is 453 g/mol. The Morgan fingerprint density at radius 3 is 1.97 bits per heavy atom. The minimum atomic E-state index is -1.11. The van der Waals surface area contributed by atoms with Crippen LogP contribution in [-0.4, -0.2) is 53.2 Å². The van der Waals surface area contributed by atoms with Crippen molar-refractivity contribution in [1.82, 2.24) is 10.2 Å². The summed E-state index contributed by atoms with van der Waals surface area (Å²) >= 11 is 0. The molecule has 2 aromatic rings. The lowest BCUT2D eigenvalue weighted by Gasteiger charge is -2.35. The van der Waals surface area contributed by atoms with Crippen LogP contribution in [-0.2, 0) is 14.3 Å². The number of rotatable bonds is 7. The highest BCUT2D eigenvalue weighted by Crippen LogP contribution is 2.44. The number of alkyl carbamates (subject to hydrolysis) is 1. The minimum absolute atomic E-state index is 0.0916. The molecule has 0 saturated carbocycles. The summed E-state index contributed by atoms with van der Waals surface area (Å²) in [7, 11) is 0. The summed E-state index contributed by atoms with van der Waals surface area (Å²) in [5.41, 5.74) is 3.82. The third kappa shape index (κ3) is 5.35. The van der Waals surface area contributed by atoms with Crippen molar-refractivity contribution in [1.29, 1.82) is 0 Å². The van der Waals surface area contributed by atoms with E-state index in [1.165, 1.54) is 4.90 Å². The Balaban J connectivity index is 1.74. The first-order chi connectivity index (χ1) is 15.5. The van der Waals surface area contributed by atoms with Gasteiger partial charge in [-0.15, -0.1) is 0 Å². The van der Waals surface area contributed by atoms with Gasteiger partial charge in [0.25, 0.3) is 0 Å². The fraction of sp³-hybridized carbons (Fsp3) is 0.423. The van der Waals surface area contributed by atoms with Gasteiger partial charge in [0.05, 0.1) is 0 Å². The molecule has 0 aliphatic heterocycles. The van der Waals surface area contributed by atoms with Crippen LogP contribution < -0.4 is 5.32 Å². The molecule has 0 radical (unpaired) electrons. The maximum Gasteiger partial charge on any atom is 0.407 e. The molecular weight excluding hydrogens is 420 g/mol. The van der Waals surface area contributed by atoms with Crippen molar-refractivity contribution in [3.8, 4) is 11.1 Å². The Morgan fingerprint density at radius 2 is 1.52 bits per heavy atom. The fourth-order valence-electron chi connectivity index (χ4n) is 4.23.